The van der Waals surface area contributed by atoms with Crippen molar-refractivity contribution in [3.63, 3.8) is 0 Å². The number of benzene rings is 1. The molecule has 0 saturated carbocycles. The van der Waals surface area contributed by atoms with E-state index in [9.17, 15) is 34.8 Å². The Morgan fingerprint density at radius 3 is 2.38 bits per heavy atom. The normalized spacial score (nSPS) is 22.4. The molecule has 9 nitrogen and oxygen atoms in total. The van der Waals surface area contributed by atoms with E-state index < -0.39 is 36.4 Å². The topological polar surface area (TPSA) is 156 Å². The van der Waals surface area contributed by atoms with Crippen LogP contribution in [0.2, 0.25) is 0 Å². The molecule has 1 fully saturated rings. The van der Waals surface area contributed by atoms with Crippen molar-refractivity contribution in [2.24, 2.45) is 17.8 Å². The lowest BCUT2D eigenvalue weighted by atomic mass is 9.68. The van der Waals surface area contributed by atoms with Crippen molar-refractivity contribution >= 4 is 23.9 Å². The van der Waals surface area contributed by atoms with Gasteiger partial charge in [0.05, 0.1) is 31.2 Å². The van der Waals surface area contributed by atoms with Gasteiger partial charge in [0.2, 0.25) is 11.8 Å². The molecular weight excluding hydrogens is 502 g/mol. The number of aliphatic carboxylic acids is 1. The first-order valence-corrected chi connectivity index (χ1v) is 13.9. The van der Waals surface area contributed by atoms with Gasteiger partial charge in [0, 0.05) is 18.9 Å². The number of carboxylic acid groups (broad SMARTS) is 1. The Hall–Kier alpha value is -3.01. The molecule has 1 heterocycles. The number of hydrogen-bond acceptors (Lipinski definition) is 7. The first-order chi connectivity index (χ1) is 18.7. The lowest BCUT2D eigenvalue weighted by Crippen LogP contribution is -2.39. The molecule has 39 heavy (non-hydrogen) atoms. The van der Waals surface area contributed by atoms with Gasteiger partial charge >= 0.3 is 5.97 Å². The minimum absolute atomic E-state index is 0.0366. The molecule has 9 heteroatoms. The quantitative estimate of drug-likeness (QED) is 0.128. The van der Waals surface area contributed by atoms with Gasteiger partial charge in [-0.25, -0.2) is 0 Å². The zero-order valence-electron chi connectivity index (χ0n) is 22.6. The largest absolute Gasteiger partial charge is 0.508 e. The van der Waals surface area contributed by atoms with Crippen LogP contribution in [0.5, 0.6) is 5.75 Å². The Morgan fingerprint density at radius 1 is 1.05 bits per heavy atom. The summed E-state index contributed by atoms with van der Waals surface area (Å²) in [5.74, 6) is -3.63. The molecule has 1 aliphatic carbocycles. The lowest BCUT2D eigenvalue weighted by Gasteiger charge is -2.36. The molecule has 214 valence electrons. The van der Waals surface area contributed by atoms with E-state index in [1.807, 2.05) is 18.2 Å². The van der Waals surface area contributed by atoms with E-state index in [-0.39, 0.29) is 43.6 Å². The number of nitrogens with zero attached hydrogens (tertiary/aromatic N) is 1. The fourth-order valence-corrected chi connectivity index (χ4v) is 5.99. The van der Waals surface area contributed by atoms with Crippen molar-refractivity contribution in [1.29, 1.82) is 0 Å². The van der Waals surface area contributed by atoms with Crippen molar-refractivity contribution in [2.75, 3.05) is 19.8 Å². The summed E-state index contributed by atoms with van der Waals surface area (Å²) < 4.78 is 0. The van der Waals surface area contributed by atoms with Crippen LogP contribution in [0.4, 0.5) is 0 Å². The molecule has 1 aromatic carbocycles. The SMILES string of the molecule is CCC/C(=C\c1ccc(O)cc1)CC[C@@H](O)C1=C(CO)C[C@H]2C(=O)N(CCCCCC(=O)O)C(=O)[C@H]2[C@H]1CO. The molecule has 5 N–H and O–H groups in total. The summed E-state index contributed by atoms with van der Waals surface area (Å²) in [4.78, 5) is 38.4. The second-order valence-electron chi connectivity index (χ2n) is 10.6. The molecule has 4 atom stereocenters. The van der Waals surface area contributed by atoms with Gasteiger partial charge in [-0.2, -0.15) is 0 Å². The third kappa shape index (κ3) is 7.56. The highest BCUT2D eigenvalue weighted by molar-refractivity contribution is 6.05. The Bertz CT molecular complexity index is 1080. The highest BCUT2D eigenvalue weighted by Crippen LogP contribution is 2.46. The van der Waals surface area contributed by atoms with Crippen LogP contribution in [0.15, 0.2) is 41.0 Å². The molecular formula is C30H41NO8. The zero-order chi connectivity index (χ0) is 28.5. The fraction of sp³-hybridized carbons (Fsp3) is 0.567. The number of rotatable bonds is 15. The van der Waals surface area contributed by atoms with E-state index in [0.717, 1.165) is 24.0 Å². The summed E-state index contributed by atoms with van der Waals surface area (Å²) in [7, 11) is 0. The fourth-order valence-electron chi connectivity index (χ4n) is 5.99. The van der Waals surface area contributed by atoms with Gasteiger partial charge in [0.1, 0.15) is 5.75 Å². The van der Waals surface area contributed by atoms with Crippen LogP contribution in [0.1, 0.15) is 70.3 Å². The summed E-state index contributed by atoms with van der Waals surface area (Å²) in [5.41, 5.74) is 3.02. The predicted octanol–water partition coefficient (Wildman–Crippen LogP) is 3.26. The minimum Gasteiger partial charge on any atom is -0.508 e. The maximum absolute atomic E-state index is 13.3. The van der Waals surface area contributed by atoms with Gasteiger partial charge in [0.25, 0.3) is 0 Å². The number of phenolic OH excluding ortho intramolecular Hbond substituents is 1. The van der Waals surface area contributed by atoms with Crippen LogP contribution in [-0.4, -0.2) is 74.1 Å². The third-order valence-corrected chi connectivity index (χ3v) is 7.87. The predicted molar refractivity (Wildman–Crippen MR) is 145 cm³/mol. The van der Waals surface area contributed by atoms with Crippen molar-refractivity contribution < 1.29 is 39.9 Å². The van der Waals surface area contributed by atoms with Gasteiger partial charge < -0.3 is 25.5 Å². The second-order valence-corrected chi connectivity index (χ2v) is 10.6. The van der Waals surface area contributed by atoms with E-state index in [2.05, 4.69) is 6.92 Å². The maximum atomic E-state index is 13.3. The van der Waals surface area contributed by atoms with E-state index in [4.69, 9.17) is 5.11 Å². The van der Waals surface area contributed by atoms with Crippen molar-refractivity contribution in [2.45, 2.75) is 70.8 Å². The van der Waals surface area contributed by atoms with Crippen molar-refractivity contribution in [1.82, 2.24) is 4.90 Å². The van der Waals surface area contributed by atoms with E-state index in [1.165, 1.54) is 4.90 Å². The molecule has 0 bridgehead atoms. The summed E-state index contributed by atoms with van der Waals surface area (Å²) in [6.45, 7) is 1.47. The molecule has 0 spiro atoms. The maximum Gasteiger partial charge on any atom is 0.303 e. The number of carbonyl (C=O) groups excluding carboxylic acids is 2. The number of phenols is 1. The number of aliphatic hydroxyl groups excluding tert-OH is 3. The molecule has 1 aromatic rings. The van der Waals surface area contributed by atoms with Crippen LogP contribution in [0.25, 0.3) is 6.08 Å². The second kappa shape index (κ2) is 14.4. The van der Waals surface area contributed by atoms with E-state index in [1.54, 1.807) is 12.1 Å². The Morgan fingerprint density at radius 2 is 1.77 bits per heavy atom. The van der Waals surface area contributed by atoms with Gasteiger partial charge in [0.15, 0.2) is 0 Å². The highest BCUT2D eigenvalue weighted by atomic mass is 16.4. The first kappa shape index (κ1) is 30.5. The number of likely N-dealkylation sites (tertiary alicyclic amines) is 1. The average molecular weight is 544 g/mol. The monoisotopic (exact) mass is 543 g/mol. The van der Waals surface area contributed by atoms with Crippen LogP contribution < -0.4 is 0 Å². The molecule has 3 rings (SSSR count). The molecule has 1 aliphatic heterocycles. The number of amides is 2. The van der Waals surface area contributed by atoms with Gasteiger partial charge in [-0.1, -0.05) is 43.5 Å². The number of fused-ring (bicyclic) bond motifs is 1. The minimum atomic E-state index is -0.988. The molecule has 0 radical (unpaired) electrons. The third-order valence-electron chi connectivity index (χ3n) is 7.87. The molecule has 2 aliphatic rings. The standard InChI is InChI=1S/C30H41NO8/c1-2-6-19(15-20-8-11-22(34)12-9-20)10-13-25(35)27-21(17-32)16-23-28(24(27)18-33)30(39)31(29(23)38)14-5-3-4-7-26(36)37/h8-9,11-12,15,23-25,28,32-35H,2-7,10,13-14,16-18H2,1H3,(H,36,37)/b19-15+/t23-,24+,25-,28-/m1/s1. The van der Waals surface area contributed by atoms with Gasteiger partial charge in [-0.15, -0.1) is 0 Å². The number of unbranched alkanes of at least 4 members (excludes halogenated alkanes) is 2. The highest BCUT2D eigenvalue weighted by Gasteiger charge is 2.54. The number of carboxylic acids is 1. The van der Waals surface area contributed by atoms with Crippen LogP contribution in [0.3, 0.4) is 0 Å². The first-order valence-electron chi connectivity index (χ1n) is 13.9. The van der Waals surface area contributed by atoms with Crippen LogP contribution in [0, 0.1) is 17.8 Å². The van der Waals surface area contributed by atoms with Crippen LogP contribution in [-0.2, 0) is 14.4 Å². The summed E-state index contributed by atoms with van der Waals surface area (Å²) in [6.07, 6.45) is 5.42. The zero-order valence-corrected chi connectivity index (χ0v) is 22.6. The van der Waals surface area contributed by atoms with E-state index >= 15 is 0 Å². The number of imide groups is 1. The van der Waals surface area contributed by atoms with Gasteiger partial charge in [-0.3, -0.25) is 19.3 Å². The lowest BCUT2D eigenvalue weighted by molar-refractivity contribution is -0.141. The van der Waals surface area contributed by atoms with Crippen molar-refractivity contribution in [3.8, 4) is 5.75 Å². The van der Waals surface area contributed by atoms with E-state index in [0.29, 0.717) is 43.3 Å². The Balaban J connectivity index is 1.73. The van der Waals surface area contributed by atoms with Crippen LogP contribution >= 0.6 is 0 Å². The molecule has 1 saturated heterocycles. The molecule has 0 aromatic heterocycles. The average Bonchev–Trinajstić information content (AvgIpc) is 3.15. The number of aliphatic hydroxyl groups is 3. The molecule has 2 amide bonds. The number of aromatic hydroxyl groups is 1. The summed E-state index contributed by atoms with van der Waals surface area (Å²) >= 11 is 0. The summed E-state index contributed by atoms with van der Waals surface area (Å²) in [6, 6.07) is 6.87. The number of hydrogen-bond donors (Lipinski definition) is 5. The summed E-state index contributed by atoms with van der Waals surface area (Å²) in [5, 5.41) is 50.1. The smallest absolute Gasteiger partial charge is 0.303 e. The number of carbonyl (C=O) groups is 3. The molecule has 0 unspecified atom stereocenters. The van der Waals surface area contributed by atoms with Crippen molar-refractivity contribution in [3.05, 3.63) is 46.5 Å². The van der Waals surface area contributed by atoms with Gasteiger partial charge in [-0.05, 0) is 67.4 Å². The Kier molecular flexibility index (Phi) is 11.3. The Labute approximate surface area is 229 Å². The number of allylic oxidation sites excluding steroid dienone is 1.